The fourth-order valence-corrected chi connectivity index (χ4v) is 5.69. The van der Waals surface area contributed by atoms with Crippen molar-refractivity contribution in [2.45, 2.75) is 36.6 Å². The van der Waals surface area contributed by atoms with Gasteiger partial charge in [-0.25, -0.2) is 23.5 Å². The van der Waals surface area contributed by atoms with Crippen LogP contribution in [-0.4, -0.2) is 53.5 Å². The van der Waals surface area contributed by atoms with Crippen LogP contribution in [0.4, 0.5) is 25.1 Å². The van der Waals surface area contributed by atoms with Gasteiger partial charge in [0.15, 0.2) is 5.82 Å². The Morgan fingerprint density at radius 1 is 1.17 bits per heavy atom. The van der Waals surface area contributed by atoms with Crippen molar-refractivity contribution in [2.24, 2.45) is 4.99 Å². The molecule has 13 heteroatoms. The van der Waals surface area contributed by atoms with Gasteiger partial charge in [0.25, 0.3) is 0 Å². The van der Waals surface area contributed by atoms with E-state index in [1.165, 1.54) is 46.2 Å². The maximum Gasteiger partial charge on any atom is 0.410 e. The molecule has 1 aromatic carbocycles. The highest BCUT2D eigenvalue weighted by Crippen LogP contribution is 2.65. The largest absolute Gasteiger partial charge is 0.495 e. The monoisotopic (exact) mass is 521 g/mol. The highest BCUT2D eigenvalue weighted by molar-refractivity contribution is 8.26. The Kier molecular flexibility index (Phi) is 6.27. The van der Waals surface area contributed by atoms with Gasteiger partial charge >= 0.3 is 6.09 Å². The van der Waals surface area contributed by atoms with Gasteiger partial charge in [-0.1, -0.05) is 0 Å². The summed E-state index contributed by atoms with van der Waals surface area (Å²) in [4.78, 5) is 24.1. The van der Waals surface area contributed by atoms with Gasteiger partial charge in [0, 0.05) is 22.8 Å². The van der Waals surface area contributed by atoms with E-state index in [4.69, 9.17) is 4.74 Å². The van der Waals surface area contributed by atoms with E-state index in [9.17, 15) is 19.0 Å². The fraction of sp³-hybridized carbons (Fsp3) is 0.304. The number of aromatic nitrogens is 2. The Bertz CT molecular complexity index is 1390. The molecule has 0 saturated heterocycles. The smallest absolute Gasteiger partial charge is 0.410 e. The van der Waals surface area contributed by atoms with Crippen LogP contribution in [0.2, 0.25) is 0 Å². The van der Waals surface area contributed by atoms with E-state index in [0.29, 0.717) is 22.8 Å². The third kappa shape index (κ3) is 4.08. The minimum atomic E-state index is -4.16. The molecular weight excluding hydrogens is 496 g/mol. The number of aliphatic imine (C=N–C) groups is 1. The van der Waals surface area contributed by atoms with Gasteiger partial charge in [-0.2, -0.15) is 10.6 Å². The van der Waals surface area contributed by atoms with Gasteiger partial charge in [-0.05, 0) is 51.1 Å². The average molecular weight is 522 g/mol. The molecule has 0 spiro atoms. The number of halogens is 2. The van der Waals surface area contributed by atoms with Crippen LogP contribution < -0.4 is 15.4 Å². The number of benzene rings is 1. The van der Waals surface area contributed by atoms with E-state index in [0.717, 1.165) is 11.5 Å². The number of alkyl halides is 1. The van der Waals surface area contributed by atoms with Crippen molar-refractivity contribution in [1.82, 2.24) is 15.3 Å². The summed E-state index contributed by atoms with van der Waals surface area (Å²) in [5.41, 5.74) is -4.12. The van der Waals surface area contributed by atoms with Crippen LogP contribution in [0.3, 0.4) is 0 Å². The van der Waals surface area contributed by atoms with Crippen LogP contribution in [0.1, 0.15) is 26.3 Å². The summed E-state index contributed by atoms with van der Waals surface area (Å²) in [7, 11) is -2.64. The Morgan fingerprint density at radius 3 is 2.56 bits per heavy atom. The molecule has 1 aliphatic rings. The second kappa shape index (κ2) is 8.84. The predicted molar refractivity (Wildman–Crippen MR) is 134 cm³/mol. The molecule has 0 unspecified atom stereocenters. The number of pyridine rings is 2. The highest BCUT2D eigenvalue weighted by Gasteiger charge is 2.58. The minimum absolute atomic E-state index is 0.293. The normalized spacial score (nSPS) is 23.4. The van der Waals surface area contributed by atoms with Crippen molar-refractivity contribution in [3.8, 4) is 5.75 Å². The summed E-state index contributed by atoms with van der Waals surface area (Å²) in [6, 6.07) is 7.23. The first kappa shape index (κ1) is 25.5. The number of rotatable bonds is 4. The molecule has 2 aromatic heterocycles. The number of ether oxygens (including phenoxy) is 1. The van der Waals surface area contributed by atoms with Crippen LogP contribution in [0, 0.1) is 5.82 Å². The van der Waals surface area contributed by atoms with Gasteiger partial charge in [0.2, 0.25) is 5.50 Å². The van der Waals surface area contributed by atoms with E-state index < -0.39 is 44.1 Å². The van der Waals surface area contributed by atoms with Crippen molar-refractivity contribution in [1.29, 1.82) is 0 Å². The molecule has 1 aliphatic heterocycles. The fourth-order valence-electron chi connectivity index (χ4n) is 3.97. The zero-order chi connectivity index (χ0) is 26.5. The van der Waals surface area contributed by atoms with E-state index >= 15 is 8.78 Å². The molecule has 3 aromatic rings. The lowest BCUT2D eigenvalue weighted by Crippen LogP contribution is -2.57. The third-order valence-electron chi connectivity index (χ3n) is 6.21. The number of methoxy groups -OCH3 is 1. The maximum absolute atomic E-state index is 15.8. The Labute approximate surface area is 206 Å². The molecule has 2 atom stereocenters. The van der Waals surface area contributed by atoms with E-state index in [1.807, 2.05) is 5.32 Å². The SMILES string of the molecule is COc1cnc2c(Nc3ccc(F)c([C@@]4(C)N=C(NC(=O)O)C(C)(C)S(O)(O)[C@@H]4F)c3)nccc2c1. The number of amides is 1. The second-order valence-electron chi connectivity index (χ2n) is 8.88. The molecule has 10 nitrogen and oxygen atoms in total. The Morgan fingerprint density at radius 2 is 1.89 bits per heavy atom. The van der Waals surface area contributed by atoms with Crippen molar-refractivity contribution >= 4 is 44.9 Å². The van der Waals surface area contributed by atoms with Gasteiger partial charge in [0.05, 0.1) is 13.3 Å². The molecular formula is C23H25F2N5O5S. The lowest BCUT2D eigenvalue weighted by Gasteiger charge is -2.55. The number of fused-ring (bicyclic) bond motifs is 1. The summed E-state index contributed by atoms with van der Waals surface area (Å²) in [5.74, 6) is -0.375. The average Bonchev–Trinajstić information content (AvgIpc) is 2.82. The topological polar surface area (TPSA) is 149 Å². The highest BCUT2D eigenvalue weighted by atomic mass is 32.3. The first-order chi connectivity index (χ1) is 16.8. The quantitative estimate of drug-likeness (QED) is 0.313. The van der Waals surface area contributed by atoms with Gasteiger partial charge < -0.3 is 15.2 Å². The third-order valence-corrected chi connectivity index (χ3v) is 8.94. The van der Waals surface area contributed by atoms with Gasteiger partial charge in [-0.15, -0.1) is 0 Å². The first-order valence-electron chi connectivity index (χ1n) is 10.7. The van der Waals surface area contributed by atoms with Crippen LogP contribution in [0.5, 0.6) is 5.75 Å². The van der Waals surface area contributed by atoms with Gasteiger partial charge in [-0.3, -0.25) is 19.4 Å². The van der Waals surface area contributed by atoms with Crippen molar-refractivity contribution in [3.05, 3.63) is 54.1 Å². The Hall–Kier alpha value is -3.55. The van der Waals surface area contributed by atoms with E-state index in [1.54, 1.807) is 18.3 Å². The number of hydrogen-bond acceptors (Lipinski definition) is 8. The van der Waals surface area contributed by atoms with Crippen molar-refractivity contribution < 1.29 is 32.5 Å². The Balaban J connectivity index is 1.81. The minimum Gasteiger partial charge on any atom is -0.495 e. The molecule has 0 fully saturated rings. The molecule has 0 saturated carbocycles. The van der Waals surface area contributed by atoms with Crippen LogP contribution in [-0.2, 0) is 5.54 Å². The lowest BCUT2D eigenvalue weighted by molar-refractivity contribution is 0.198. The molecule has 0 aliphatic carbocycles. The number of carboxylic acid groups (broad SMARTS) is 1. The number of hydrogen-bond donors (Lipinski definition) is 5. The summed E-state index contributed by atoms with van der Waals surface area (Å²) in [5, 5.41) is 15.0. The van der Waals surface area contributed by atoms with Crippen molar-refractivity contribution in [3.63, 3.8) is 0 Å². The second-order valence-corrected chi connectivity index (χ2v) is 11.5. The standard InChI is InChI=1S/C23H25F2N5O5S/c1-22(2)20(29-21(31)32)30-23(3,19(25)36(22,33)34)15-10-13(5-6-16(15)24)28-18-17-12(7-8-26-18)9-14(35-4)11-27-17/h5-11,19,33-34H,1-4H3,(H,26,28)(H,29,30)(H,31,32)/t19-,23+/m0/s1. The van der Waals surface area contributed by atoms with Crippen LogP contribution in [0.25, 0.3) is 10.9 Å². The lowest BCUT2D eigenvalue weighted by atomic mass is 9.91. The van der Waals surface area contributed by atoms with Gasteiger partial charge in [0.1, 0.15) is 33.2 Å². The number of anilines is 2. The molecule has 4 rings (SSSR count). The molecule has 36 heavy (non-hydrogen) atoms. The maximum atomic E-state index is 15.8. The predicted octanol–water partition coefficient (Wildman–Crippen LogP) is 5.24. The molecule has 192 valence electrons. The van der Waals surface area contributed by atoms with Crippen LogP contribution in [0.15, 0.2) is 47.7 Å². The van der Waals surface area contributed by atoms with E-state index in [-0.39, 0.29) is 5.56 Å². The first-order valence-corrected chi connectivity index (χ1v) is 12.3. The number of carbonyl (C=O) groups is 1. The van der Waals surface area contributed by atoms with Crippen LogP contribution >= 0.6 is 10.6 Å². The zero-order valence-electron chi connectivity index (χ0n) is 19.8. The zero-order valence-corrected chi connectivity index (χ0v) is 20.6. The number of amidine groups is 1. The summed E-state index contributed by atoms with van der Waals surface area (Å²) in [6.07, 6.45) is 1.53. The summed E-state index contributed by atoms with van der Waals surface area (Å²) >= 11 is 0. The molecule has 5 N–H and O–H groups in total. The molecule has 1 amide bonds. The number of nitrogens with zero attached hydrogens (tertiary/aromatic N) is 3. The molecule has 0 radical (unpaired) electrons. The molecule has 0 bridgehead atoms. The van der Waals surface area contributed by atoms with E-state index in [2.05, 4.69) is 20.3 Å². The summed E-state index contributed by atoms with van der Waals surface area (Å²) < 4.78 is 55.8. The summed E-state index contributed by atoms with van der Waals surface area (Å²) in [6.45, 7) is 3.69. The number of nitrogens with one attached hydrogen (secondary N) is 2. The molecule has 3 heterocycles. The van der Waals surface area contributed by atoms with Crippen molar-refractivity contribution in [2.75, 3.05) is 12.4 Å².